The quantitative estimate of drug-likeness (QED) is 0.278. The van der Waals surface area contributed by atoms with E-state index >= 15 is 0 Å². The van der Waals surface area contributed by atoms with Crippen molar-refractivity contribution < 1.29 is 14.3 Å². The van der Waals surface area contributed by atoms with Crippen molar-refractivity contribution in [3.8, 4) is 22.8 Å². The number of rotatable bonds is 8. The van der Waals surface area contributed by atoms with Gasteiger partial charge >= 0.3 is 0 Å². The number of nitrogens with one attached hydrogen (secondary N) is 1. The number of aromatic nitrogens is 3. The molecular weight excluding hydrogens is 448 g/mol. The van der Waals surface area contributed by atoms with E-state index in [-0.39, 0.29) is 11.7 Å². The molecule has 0 unspecified atom stereocenters. The molecule has 0 aliphatic rings. The summed E-state index contributed by atoms with van der Waals surface area (Å²) >= 11 is 1.31. The van der Waals surface area contributed by atoms with Crippen LogP contribution in [-0.4, -0.2) is 38.8 Å². The number of para-hydroxylation sites is 2. The van der Waals surface area contributed by atoms with Crippen molar-refractivity contribution >= 4 is 29.1 Å². The molecule has 0 bridgehead atoms. The molecular formula is C26H24N4O3S. The molecule has 0 aliphatic carbocycles. The Morgan fingerprint density at radius 2 is 1.62 bits per heavy atom. The van der Waals surface area contributed by atoms with Gasteiger partial charge in [0.15, 0.2) is 16.8 Å². The summed E-state index contributed by atoms with van der Waals surface area (Å²) < 4.78 is 7.46. The van der Waals surface area contributed by atoms with Crippen molar-refractivity contribution in [2.24, 2.45) is 0 Å². The number of benzene rings is 3. The van der Waals surface area contributed by atoms with Gasteiger partial charge in [0.2, 0.25) is 5.91 Å². The van der Waals surface area contributed by atoms with Crippen molar-refractivity contribution in [3.63, 3.8) is 0 Å². The summed E-state index contributed by atoms with van der Waals surface area (Å²) in [6.07, 6.45) is 0. The summed E-state index contributed by atoms with van der Waals surface area (Å²) in [4.78, 5) is 24.4. The van der Waals surface area contributed by atoms with Crippen molar-refractivity contribution in [3.05, 3.63) is 84.4 Å². The van der Waals surface area contributed by atoms with Gasteiger partial charge in [-0.3, -0.25) is 14.2 Å². The zero-order valence-electron chi connectivity index (χ0n) is 19.1. The molecule has 1 aromatic heterocycles. The molecule has 34 heavy (non-hydrogen) atoms. The maximum atomic E-state index is 12.9. The summed E-state index contributed by atoms with van der Waals surface area (Å²) in [5.74, 6) is 1.11. The van der Waals surface area contributed by atoms with Crippen LogP contribution in [0.2, 0.25) is 0 Å². The van der Waals surface area contributed by atoms with Crippen molar-refractivity contribution in [1.29, 1.82) is 0 Å². The third-order valence-corrected chi connectivity index (χ3v) is 6.25. The van der Waals surface area contributed by atoms with Crippen LogP contribution in [0.5, 0.6) is 5.75 Å². The summed E-state index contributed by atoms with van der Waals surface area (Å²) in [6.45, 7) is 3.32. The minimum Gasteiger partial charge on any atom is -0.496 e. The SMILES string of the molecule is COc1ccccc1-c1nnc(S[C@@H](C)C(=O)Nc2ccc(C(C)=O)cc2)n1-c1ccccc1. The number of carbonyl (C=O) groups is 2. The van der Waals surface area contributed by atoms with Crippen molar-refractivity contribution in [2.45, 2.75) is 24.3 Å². The monoisotopic (exact) mass is 472 g/mol. The van der Waals surface area contributed by atoms with E-state index in [1.165, 1.54) is 18.7 Å². The first-order chi connectivity index (χ1) is 16.5. The van der Waals surface area contributed by atoms with Crippen LogP contribution in [0, 0.1) is 0 Å². The number of carbonyl (C=O) groups excluding carboxylic acids is 2. The van der Waals surface area contributed by atoms with Crippen LogP contribution >= 0.6 is 11.8 Å². The van der Waals surface area contributed by atoms with E-state index in [0.717, 1.165) is 11.3 Å². The first-order valence-corrected chi connectivity index (χ1v) is 11.6. The van der Waals surface area contributed by atoms with E-state index in [1.807, 2.05) is 66.1 Å². The van der Waals surface area contributed by atoms with Gasteiger partial charge in [0.25, 0.3) is 0 Å². The van der Waals surface area contributed by atoms with E-state index < -0.39 is 5.25 Å². The van der Waals surface area contributed by atoms with Gasteiger partial charge in [0.05, 0.1) is 17.9 Å². The molecule has 172 valence electrons. The Morgan fingerprint density at radius 1 is 0.941 bits per heavy atom. The summed E-state index contributed by atoms with van der Waals surface area (Å²) in [5, 5.41) is 11.9. The largest absolute Gasteiger partial charge is 0.496 e. The molecule has 1 N–H and O–H groups in total. The van der Waals surface area contributed by atoms with E-state index in [1.54, 1.807) is 31.4 Å². The Balaban J connectivity index is 1.62. The molecule has 0 saturated heterocycles. The maximum absolute atomic E-state index is 12.9. The normalized spacial score (nSPS) is 11.6. The molecule has 1 atom stereocenters. The number of ketones is 1. The number of Topliss-reactive ketones (excluding diaryl/α,β-unsaturated/α-hetero) is 1. The second-order valence-corrected chi connectivity index (χ2v) is 8.87. The van der Waals surface area contributed by atoms with Crippen LogP contribution in [0.1, 0.15) is 24.2 Å². The van der Waals surface area contributed by atoms with Gasteiger partial charge in [-0.1, -0.05) is 42.1 Å². The number of hydrogen-bond donors (Lipinski definition) is 1. The second kappa shape index (κ2) is 10.4. The van der Waals surface area contributed by atoms with Gasteiger partial charge < -0.3 is 10.1 Å². The Morgan fingerprint density at radius 3 is 2.29 bits per heavy atom. The van der Waals surface area contributed by atoms with Crippen LogP contribution < -0.4 is 10.1 Å². The number of anilines is 1. The molecule has 1 heterocycles. The fourth-order valence-electron chi connectivity index (χ4n) is 3.40. The maximum Gasteiger partial charge on any atom is 0.237 e. The highest BCUT2D eigenvalue weighted by Gasteiger charge is 2.23. The van der Waals surface area contributed by atoms with Gasteiger partial charge in [-0.25, -0.2) is 0 Å². The highest BCUT2D eigenvalue weighted by atomic mass is 32.2. The molecule has 0 saturated carbocycles. The Labute approximate surface area is 202 Å². The minimum atomic E-state index is -0.454. The van der Waals surface area contributed by atoms with Crippen LogP contribution in [-0.2, 0) is 4.79 Å². The lowest BCUT2D eigenvalue weighted by atomic mass is 10.1. The molecule has 4 aromatic rings. The average Bonchev–Trinajstić information content (AvgIpc) is 3.28. The predicted octanol–water partition coefficient (Wildman–Crippen LogP) is 5.26. The van der Waals surface area contributed by atoms with Crippen molar-refractivity contribution in [1.82, 2.24) is 14.8 Å². The zero-order chi connectivity index (χ0) is 24.1. The first kappa shape index (κ1) is 23.3. The van der Waals surface area contributed by atoms with Gasteiger partial charge in [-0.05, 0) is 62.4 Å². The molecule has 8 heteroatoms. The van der Waals surface area contributed by atoms with Gasteiger partial charge in [-0.15, -0.1) is 10.2 Å². The fraction of sp³-hybridized carbons (Fsp3) is 0.154. The molecule has 0 fully saturated rings. The number of ether oxygens (including phenoxy) is 1. The van der Waals surface area contributed by atoms with E-state index in [2.05, 4.69) is 15.5 Å². The standard InChI is InChI=1S/C26H24N4O3S/c1-17(31)19-13-15-20(16-14-19)27-25(32)18(2)34-26-29-28-24(22-11-7-8-12-23(22)33-3)30(26)21-9-5-4-6-10-21/h4-16,18H,1-3H3,(H,27,32)/t18-/m0/s1. The van der Waals surface area contributed by atoms with Crippen LogP contribution in [0.4, 0.5) is 5.69 Å². The van der Waals surface area contributed by atoms with Crippen LogP contribution in [0.3, 0.4) is 0 Å². The highest BCUT2D eigenvalue weighted by Crippen LogP contribution is 2.34. The van der Waals surface area contributed by atoms with E-state index in [9.17, 15) is 9.59 Å². The lowest BCUT2D eigenvalue weighted by Gasteiger charge is -2.15. The van der Waals surface area contributed by atoms with Gasteiger partial charge in [0.1, 0.15) is 5.75 Å². The lowest BCUT2D eigenvalue weighted by molar-refractivity contribution is -0.115. The molecule has 0 aliphatic heterocycles. The Hall–Kier alpha value is -3.91. The summed E-state index contributed by atoms with van der Waals surface area (Å²) in [7, 11) is 1.62. The molecule has 7 nitrogen and oxygen atoms in total. The zero-order valence-corrected chi connectivity index (χ0v) is 19.9. The fourth-order valence-corrected chi connectivity index (χ4v) is 4.27. The molecule has 4 rings (SSSR count). The third kappa shape index (κ3) is 5.02. The Kier molecular flexibility index (Phi) is 7.08. The topological polar surface area (TPSA) is 86.1 Å². The number of nitrogens with zero attached hydrogens (tertiary/aromatic N) is 3. The minimum absolute atomic E-state index is 0.0205. The van der Waals surface area contributed by atoms with Gasteiger partial charge in [0, 0.05) is 16.9 Å². The van der Waals surface area contributed by atoms with E-state index in [0.29, 0.717) is 28.0 Å². The molecule has 1 amide bonds. The molecule has 0 radical (unpaired) electrons. The summed E-state index contributed by atoms with van der Waals surface area (Å²) in [5.41, 5.74) is 2.90. The number of thioether (sulfide) groups is 1. The number of amides is 1. The smallest absolute Gasteiger partial charge is 0.237 e. The van der Waals surface area contributed by atoms with Crippen LogP contribution in [0.15, 0.2) is 84.0 Å². The van der Waals surface area contributed by atoms with Gasteiger partial charge in [-0.2, -0.15) is 0 Å². The first-order valence-electron chi connectivity index (χ1n) is 10.7. The third-order valence-electron chi connectivity index (χ3n) is 5.21. The van der Waals surface area contributed by atoms with Crippen molar-refractivity contribution in [2.75, 3.05) is 12.4 Å². The number of hydrogen-bond acceptors (Lipinski definition) is 6. The average molecular weight is 473 g/mol. The highest BCUT2D eigenvalue weighted by molar-refractivity contribution is 8.00. The molecule has 0 spiro atoms. The molecule has 3 aromatic carbocycles. The van der Waals surface area contributed by atoms with E-state index in [4.69, 9.17) is 4.74 Å². The van der Waals surface area contributed by atoms with Crippen LogP contribution in [0.25, 0.3) is 17.1 Å². The summed E-state index contributed by atoms with van der Waals surface area (Å²) in [6, 6.07) is 24.2. The number of methoxy groups -OCH3 is 1. The predicted molar refractivity (Wildman–Crippen MR) is 134 cm³/mol. The lowest BCUT2D eigenvalue weighted by Crippen LogP contribution is -2.23. The Bertz CT molecular complexity index is 1300. The second-order valence-electron chi connectivity index (χ2n) is 7.56.